The number of nitrogens with zero attached hydrogens (tertiary/aromatic N) is 1. The van der Waals surface area contributed by atoms with Crippen molar-refractivity contribution in [1.29, 1.82) is 0 Å². The van der Waals surface area contributed by atoms with Gasteiger partial charge in [-0.3, -0.25) is 19.3 Å². The molecule has 2 fully saturated rings. The Kier molecular flexibility index (Phi) is 7.88. The largest absolute Gasteiger partial charge is 0.462 e. The number of hydrogen-bond acceptors (Lipinski definition) is 8. The summed E-state index contributed by atoms with van der Waals surface area (Å²) in [4.78, 5) is 66.2. The maximum absolute atomic E-state index is 13.3. The molecule has 0 bridgehead atoms. The highest BCUT2D eigenvalue weighted by Gasteiger charge is 2.56. The molecule has 2 heterocycles. The van der Waals surface area contributed by atoms with Gasteiger partial charge in [0.15, 0.2) is 6.10 Å². The molecule has 4 amide bonds. The van der Waals surface area contributed by atoms with Gasteiger partial charge in [0.2, 0.25) is 0 Å². The molecule has 1 aliphatic heterocycles. The topological polar surface area (TPSA) is 131 Å². The number of aryl methyl sites for hydroxylation is 1. The van der Waals surface area contributed by atoms with Crippen molar-refractivity contribution in [2.24, 2.45) is 11.3 Å². The summed E-state index contributed by atoms with van der Waals surface area (Å²) < 4.78 is 10.5. The Balaban J connectivity index is 1.40. The Morgan fingerprint density at radius 3 is 2.58 bits per heavy atom. The molecule has 11 heteroatoms. The highest BCUT2D eigenvalue weighted by molar-refractivity contribution is 7.17. The molecule has 1 aromatic rings. The molecule has 2 aliphatic carbocycles. The van der Waals surface area contributed by atoms with Gasteiger partial charge >= 0.3 is 18.0 Å². The van der Waals surface area contributed by atoms with E-state index in [-0.39, 0.29) is 17.9 Å². The maximum Gasteiger partial charge on any atom is 0.341 e. The highest BCUT2D eigenvalue weighted by atomic mass is 32.1. The molecule has 1 aromatic heterocycles. The van der Waals surface area contributed by atoms with Crippen LogP contribution in [-0.2, 0) is 36.7 Å². The van der Waals surface area contributed by atoms with E-state index in [0.29, 0.717) is 23.4 Å². The molecule has 4 rings (SSSR count). The van der Waals surface area contributed by atoms with Crippen LogP contribution in [0.25, 0.3) is 0 Å². The average molecular weight is 548 g/mol. The van der Waals surface area contributed by atoms with Gasteiger partial charge in [-0.15, -0.1) is 11.3 Å². The van der Waals surface area contributed by atoms with Crippen molar-refractivity contribution < 1.29 is 33.4 Å². The number of thiophene rings is 1. The Labute approximate surface area is 226 Å². The van der Waals surface area contributed by atoms with Gasteiger partial charge in [-0.05, 0) is 75.7 Å². The SMILES string of the molecule is CCOC(=O)c1c(NC(=O)[C@H](C)OC(=O)CN2C(=O)N[C@]3(C[C@H](C)CC(C)(C)C3)C2=O)sc2c1CCCC2. The van der Waals surface area contributed by atoms with Crippen molar-refractivity contribution in [2.45, 2.75) is 91.2 Å². The van der Waals surface area contributed by atoms with Crippen LogP contribution in [-0.4, -0.2) is 59.5 Å². The fourth-order valence-electron chi connectivity index (χ4n) is 6.35. The van der Waals surface area contributed by atoms with Crippen molar-refractivity contribution in [1.82, 2.24) is 10.2 Å². The molecule has 1 saturated carbocycles. The van der Waals surface area contributed by atoms with E-state index >= 15 is 0 Å². The Hall–Kier alpha value is -2.95. The highest BCUT2D eigenvalue weighted by Crippen LogP contribution is 2.46. The minimum atomic E-state index is -1.21. The van der Waals surface area contributed by atoms with Crippen molar-refractivity contribution >= 4 is 46.1 Å². The van der Waals surface area contributed by atoms with E-state index in [9.17, 15) is 24.0 Å². The number of nitrogens with one attached hydrogen (secondary N) is 2. The minimum absolute atomic E-state index is 0.132. The van der Waals surface area contributed by atoms with Gasteiger partial charge < -0.3 is 20.1 Å². The first kappa shape index (κ1) is 28.1. The average Bonchev–Trinajstić information content (AvgIpc) is 3.27. The first-order chi connectivity index (χ1) is 17.9. The van der Waals surface area contributed by atoms with Crippen LogP contribution in [0, 0.1) is 11.3 Å². The van der Waals surface area contributed by atoms with Crippen LogP contribution < -0.4 is 10.6 Å². The monoisotopic (exact) mass is 547 g/mol. The maximum atomic E-state index is 13.3. The summed E-state index contributed by atoms with van der Waals surface area (Å²) in [5, 5.41) is 5.94. The van der Waals surface area contributed by atoms with Gasteiger partial charge in [0, 0.05) is 4.88 Å². The number of anilines is 1. The van der Waals surface area contributed by atoms with E-state index in [4.69, 9.17) is 9.47 Å². The van der Waals surface area contributed by atoms with Gasteiger partial charge in [0.1, 0.15) is 17.1 Å². The fourth-order valence-corrected chi connectivity index (χ4v) is 7.63. The zero-order valence-corrected chi connectivity index (χ0v) is 23.5. The number of hydrogen-bond donors (Lipinski definition) is 2. The third-order valence-electron chi connectivity index (χ3n) is 7.48. The van der Waals surface area contributed by atoms with Crippen LogP contribution in [0.15, 0.2) is 0 Å². The molecule has 2 N–H and O–H groups in total. The van der Waals surface area contributed by atoms with E-state index in [1.807, 2.05) is 0 Å². The number of amides is 4. The van der Waals surface area contributed by atoms with Gasteiger partial charge in [-0.25, -0.2) is 9.59 Å². The lowest BCUT2D eigenvalue weighted by molar-refractivity contribution is -0.155. The molecule has 3 aliphatic rings. The summed E-state index contributed by atoms with van der Waals surface area (Å²) in [5.41, 5.74) is 0.122. The molecule has 0 radical (unpaired) electrons. The molecule has 1 saturated heterocycles. The van der Waals surface area contributed by atoms with E-state index in [1.54, 1.807) is 6.92 Å². The van der Waals surface area contributed by atoms with Gasteiger partial charge in [-0.1, -0.05) is 20.8 Å². The fraction of sp³-hybridized carbons (Fsp3) is 0.667. The molecule has 0 unspecified atom stereocenters. The van der Waals surface area contributed by atoms with Crippen LogP contribution in [0.4, 0.5) is 9.80 Å². The van der Waals surface area contributed by atoms with Crippen molar-refractivity contribution in [3.63, 3.8) is 0 Å². The number of urea groups is 1. The second-order valence-electron chi connectivity index (χ2n) is 11.5. The minimum Gasteiger partial charge on any atom is -0.462 e. The molecule has 208 valence electrons. The number of imide groups is 1. The summed E-state index contributed by atoms with van der Waals surface area (Å²) in [7, 11) is 0. The van der Waals surface area contributed by atoms with Crippen LogP contribution in [0.2, 0.25) is 0 Å². The number of fused-ring (bicyclic) bond motifs is 1. The third-order valence-corrected chi connectivity index (χ3v) is 8.68. The van der Waals surface area contributed by atoms with E-state index < -0.39 is 48.0 Å². The van der Waals surface area contributed by atoms with Gasteiger partial charge in [0.25, 0.3) is 11.8 Å². The van der Waals surface area contributed by atoms with Gasteiger partial charge in [-0.2, -0.15) is 0 Å². The first-order valence-electron chi connectivity index (χ1n) is 13.3. The molecular weight excluding hydrogens is 510 g/mol. The predicted molar refractivity (Wildman–Crippen MR) is 141 cm³/mol. The van der Waals surface area contributed by atoms with E-state index in [2.05, 4.69) is 31.4 Å². The van der Waals surface area contributed by atoms with Crippen LogP contribution >= 0.6 is 11.3 Å². The molecule has 1 spiro atoms. The van der Waals surface area contributed by atoms with Crippen molar-refractivity contribution in [2.75, 3.05) is 18.5 Å². The number of carbonyl (C=O) groups excluding carboxylic acids is 5. The van der Waals surface area contributed by atoms with E-state index in [0.717, 1.165) is 47.4 Å². The lowest BCUT2D eigenvalue weighted by Crippen LogP contribution is -2.54. The normalized spacial score (nSPS) is 25.0. The lowest BCUT2D eigenvalue weighted by Gasteiger charge is -2.43. The number of carbonyl (C=O) groups is 5. The van der Waals surface area contributed by atoms with Gasteiger partial charge in [0.05, 0.1) is 12.2 Å². The molecule has 38 heavy (non-hydrogen) atoms. The smallest absolute Gasteiger partial charge is 0.341 e. The second-order valence-corrected chi connectivity index (χ2v) is 12.6. The number of esters is 2. The van der Waals surface area contributed by atoms with Crippen LogP contribution in [0.5, 0.6) is 0 Å². The number of ether oxygens (including phenoxy) is 2. The Morgan fingerprint density at radius 1 is 1.18 bits per heavy atom. The second kappa shape index (κ2) is 10.7. The molecule has 0 aromatic carbocycles. The van der Waals surface area contributed by atoms with Crippen molar-refractivity contribution in [3.8, 4) is 0 Å². The lowest BCUT2D eigenvalue weighted by atomic mass is 9.64. The Bertz CT molecular complexity index is 1160. The summed E-state index contributed by atoms with van der Waals surface area (Å²) in [6.45, 7) is 8.95. The Morgan fingerprint density at radius 2 is 1.89 bits per heavy atom. The number of rotatable bonds is 7. The summed E-state index contributed by atoms with van der Waals surface area (Å²) in [5.74, 6) is -2.16. The summed E-state index contributed by atoms with van der Waals surface area (Å²) in [6.07, 6.45) is 4.28. The molecule has 10 nitrogen and oxygen atoms in total. The first-order valence-corrected chi connectivity index (χ1v) is 14.1. The molecule has 3 atom stereocenters. The van der Waals surface area contributed by atoms with E-state index in [1.165, 1.54) is 18.3 Å². The molecular formula is C27H37N3O7S. The zero-order valence-electron chi connectivity index (χ0n) is 22.7. The van der Waals surface area contributed by atoms with Crippen molar-refractivity contribution in [3.05, 3.63) is 16.0 Å². The third kappa shape index (κ3) is 5.57. The standard InChI is InChI=1S/C27H37N3O7S/c1-6-36-23(33)20-17-9-7-8-10-18(17)38-22(20)28-21(32)16(3)37-19(31)13-30-24(34)27(29-25(30)35)12-15(2)11-26(4,5)14-27/h15-16H,6-14H2,1-5H3,(H,28,32)(H,29,35)/t15-,16+,27+/m1/s1. The predicted octanol–water partition coefficient (Wildman–Crippen LogP) is 3.81. The zero-order chi connectivity index (χ0) is 27.8. The summed E-state index contributed by atoms with van der Waals surface area (Å²) >= 11 is 1.34. The van der Waals surface area contributed by atoms with Crippen LogP contribution in [0.1, 0.15) is 87.5 Å². The van der Waals surface area contributed by atoms with Crippen LogP contribution in [0.3, 0.4) is 0 Å². The summed E-state index contributed by atoms with van der Waals surface area (Å²) in [6, 6.07) is -0.628. The quantitative estimate of drug-likeness (QED) is 0.392.